The van der Waals surface area contributed by atoms with Crippen LogP contribution in [0.1, 0.15) is 43.6 Å². The Morgan fingerprint density at radius 2 is 2.29 bits per heavy atom. The summed E-state index contributed by atoms with van der Waals surface area (Å²) >= 11 is 0. The maximum Gasteiger partial charge on any atom is 0.268 e. The summed E-state index contributed by atoms with van der Waals surface area (Å²) in [4.78, 5) is 12.0. The second-order valence-corrected chi connectivity index (χ2v) is 4.23. The molecule has 0 fully saturated rings. The van der Waals surface area contributed by atoms with Crippen molar-refractivity contribution in [1.82, 2.24) is 9.88 Å². The van der Waals surface area contributed by atoms with E-state index in [9.17, 15) is 4.79 Å². The predicted octanol–water partition coefficient (Wildman–Crippen LogP) is 1.76. The molecule has 4 heteroatoms. The predicted molar refractivity (Wildman–Crippen MR) is 69.9 cm³/mol. The van der Waals surface area contributed by atoms with Crippen molar-refractivity contribution in [3.05, 3.63) is 24.0 Å². The fourth-order valence-electron chi connectivity index (χ4n) is 1.85. The summed E-state index contributed by atoms with van der Waals surface area (Å²) in [5, 5.41) is 2.99. The van der Waals surface area contributed by atoms with Crippen LogP contribution >= 0.6 is 0 Å². The molecular weight excluding hydrogens is 214 g/mol. The fraction of sp³-hybridized carbons (Fsp3) is 0.615. The zero-order chi connectivity index (χ0) is 12.7. The summed E-state index contributed by atoms with van der Waals surface area (Å²) in [5.41, 5.74) is 6.37. The highest BCUT2D eigenvalue weighted by Crippen LogP contribution is 2.05. The quantitative estimate of drug-likeness (QED) is 0.759. The Kier molecular flexibility index (Phi) is 5.77. The van der Waals surface area contributed by atoms with Crippen LogP contribution in [0.3, 0.4) is 0 Å². The van der Waals surface area contributed by atoms with Gasteiger partial charge in [0.15, 0.2) is 0 Å². The molecule has 0 aliphatic heterocycles. The van der Waals surface area contributed by atoms with E-state index in [1.54, 1.807) is 0 Å². The first kappa shape index (κ1) is 13.8. The molecule has 1 aromatic heterocycles. The van der Waals surface area contributed by atoms with Gasteiger partial charge in [0.05, 0.1) is 0 Å². The maximum absolute atomic E-state index is 12.0. The lowest BCUT2D eigenvalue weighted by atomic mass is 10.1. The Morgan fingerprint density at radius 3 is 2.88 bits per heavy atom. The van der Waals surface area contributed by atoms with Gasteiger partial charge < -0.3 is 15.6 Å². The van der Waals surface area contributed by atoms with Gasteiger partial charge in [0.2, 0.25) is 0 Å². The molecule has 96 valence electrons. The van der Waals surface area contributed by atoms with E-state index < -0.39 is 0 Å². The third-order valence-electron chi connectivity index (χ3n) is 2.93. The molecule has 3 N–H and O–H groups in total. The van der Waals surface area contributed by atoms with Crippen LogP contribution in [-0.4, -0.2) is 23.1 Å². The van der Waals surface area contributed by atoms with Crippen molar-refractivity contribution in [2.45, 2.75) is 45.7 Å². The zero-order valence-corrected chi connectivity index (χ0v) is 10.8. The number of carbonyl (C=O) groups excluding carboxylic acids is 1. The topological polar surface area (TPSA) is 60.0 Å². The SMILES string of the molecule is CCCCC(CN)NC(=O)c1cccn1CC. The number of hydrogen-bond donors (Lipinski definition) is 2. The van der Waals surface area contributed by atoms with Crippen LogP contribution < -0.4 is 11.1 Å². The first-order chi connectivity index (χ1) is 8.22. The van der Waals surface area contributed by atoms with Crippen LogP contribution in [0.25, 0.3) is 0 Å². The van der Waals surface area contributed by atoms with E-state index in [0.29, 0.717) is 12.2 Å². The first-order valence-electron chi connectivity index (χ1n) is 6.39. The van der Waals surface area contributed by atoms with Gasteiger partial charge in [0, 0.05) is 25.3 Å². The molecule has 17 heavy (non-hydrogen) atoms. The van der Waals surface area contributed by atoms with Crippen molar-refractivity contribution in [3.8, 4) is 0 Å². The summed E-state index contributed by atoms with van der Waals surface area (Å²) in [7, 11) is 0. The molecule has 0 saturated carbocycles. The molecule has 0 saturated heterocycles. The lowest BCUT2D eigenvalue weighted by molar-refractivity contribution is 0.0926. The molecule has 1 amide bonds. The van der Waals surface area contributed by atoms with Crippen molar-refractivity contribution < 1.29 is 4.79 Å². The molecule has 0 spiro atoms. The molecular formula is C13H23N3O. The second-order valence-electron chi connectivity index (χ2n) is 4.23. The minimum absolute atomic E-state index is 0.0246. The Labute approximate surface area is 103 Å². The average molecular weight is 237 g/mol. The average Bonchev–Trinajstić information content (AvgIpc) is 2.82. The second kappa shape index (κ2) is 7.12. The molecule has 1 atom stereocenters. The maximum atomic E-state index is 12.0. The van der Waals surface area contributed by atoms with Crippen molar-refractivity contribution in [3.63, 3.8) is 0 Å². The number of aryl methyl sites for hydroxylation is 1. The van der Waals surface area contributed by atoms with E-state index in [1.807, 2.05) is 29.8 Å². The molecule has 1 aromatic rings. The summed E-state index contributed by atoms with van der Waals surface area (Å²) in [6.45, 7) is 5.46. The number of carbonyl (C=O) groups is 1. The molecule has 0 bridgehead atoms. The lowest BCUT2D eigenvalue weighted by Gasteiger charge is -2.17. The van der Waals surface area contributed by atoms with Gasteiger partial charge in [-0.2, -0.15) is 0 Å². The number of nitrogens with two attached hydrogens (primary N) is 1. The van der Waals surface area contributed by atoms with Crippen LogP contribution in [0, 0.1) is 0 Å². The highest BCUT2D eigenvalue weighted by molar-refractivity contribution is 5.92. The van der Waals surface area contributed by atoms with E-state index in [4.69, 9.17) is 5.73 Å². The van der Waals surface area contributed by atoms with Gasteiger partial charge in [-0.05, 0) is 25.5 Å². The Balaban J connectivity index is 2.58. The third-order valence-corrected chi connectivity index (χ3v) is 2.93. The van der Waals surface area contributed by atoms with Gasteiger partial charge in [0.1, 0.15) is 5.69 Å². The molecule has 1 heterocycles. The van der Waals surface area contributed by atoms with E-state index in [-0.39, 0.29) is 11.9 Å². The molecule has 1 rings (SSSR count). The van der Waals surface area contributed by atoms with Crippen LogP contribution in [0.5, 0.6) is 0 Å². The van der Waals surface area contributed by atoms with E-state index in [1.165, 1.54) is 0 Å². The number of nitrogens with zero attached hydrogens (tertiary/aromatic N) is 1. The molecule has 4 nitrogen and oxygen atoms in total. The number of unbranched alkanes of at least 4 members (excludes halogenated alkanes) is 1. The monoisotopic (exact) mass is 237 g/mol. The summed E-state index contributed by atoms with van der Waals surface area (Å²) in [6.07, 6.45) is 5.08. The number of aromatic nitrogens is 1. The number of hydrogen-bond acceptors (Lipinski definition) is 2. The molecule has 1 unspecified atom stereocenters. The fourth-order valence-corrected chi connectivity index (χ4v) is 1.85. The van der Waals surface area contributed by atoms with Crippen molar-refractivity contribution in [2.24, 2.45) is 5.73 Å². The molecule has 0 aromatic carbocycles. The van der Waals surface area contributed by atoms with E-state index in [0.717, 1.165) is 25.8 Å². The van der Waals surface area contributed by atoms with Gasteiger partial charge in [-0.15, -0.1) is 0 Å². The van der Waals surface area contributed by atoms with Crippen LogP contribution in [-0.2, 0) is 6.54 Å². The lowest BCUT2D eigenvalue weighted by Crippen LogP contribution is -2.40. The standard InChI is InChI=1S/C13H23N3O/c1-3-5-7-11(10-14)15-13(17)12-8-6-9-16(12)4-2/h6,8-9,11H,3-5,7,10,14H2,1-2H3,(H,15,17). The number of rotatable bonds is 7. The van der Waals surface area contributed by atoms with Crippen LogP contribution in [0.4, 0.5) is 0 Å². The van der Waals surface area contributed by atoms with Crippen LogP contribution in [0.2, 0.25) is 0 Å². The largest absolute Gasteiger partial charge is 0.347 e. The zero-order valence-electron chi connectivity index (χ0n) is 10.8. The molecule has 0 radical (unpaired) electrons. The van der Waals surface area contributed by atoms with Gasteiger partial charge >= 0.3 is 0 Å². The Hall–Kier alpha value is -1.29. The Morgan fingerprint density at radius 1 is 1.53 bits per heavy atom. The minimum Gasteiger partial charge on any atom is -0.347 e. The minimum atomic E-state index is -0.0246. The van der Waals surface area contributed by atoms with Gasteiger partial charge in [-0.25, -0.2) is 0 Å². The highest BCUT2D eigenvalue weighted by atomic mass is 16.2. The van der Waals surface area contributed by atoms with E-state index >= 15 is 0 Å². The first-order valence-corrected chi connectivity index (χ1v) is 6.39. The molecule has 0 aliphatic rings. The number of amides is 1. The van der Waals surface area contributed by atoms with Crippen LogP contribution in [0.15, 0.2) is 18.3 Å². The third kappa shape index (κ3) is 3.89. The van der Waals surface area contributed by atoms with Gasteiger partial charge in [0.25, 0.3) is 5.91 Å². The summed E-state index contributed by atoms with van der Waals surface area (Å²) in [6, 6.07) is 3.82. The van der Waals surface area contributed by atoms with Crippen molar-refractivity contribution in [2.75, 3.05) is 6.54 Å². The highest BCUT2D eigenvalue weighted by Gasteiger charge is 2.14. The van der Waals surface area contributed by atoms with Gasteiger partial charge in [-0.3, -0.25) is 4.79 Å². The van der Waals surface area contributed by atoms with Gasteiger partial charge in [-0.1, -0.05) is 19.8 Å². The normalized spacial score (nSPS) is 12.4. The van der Waals surface area contributed by atoms with E-state index in [2.05, 4.69) is 12.2 Å². The van der Waals surface area contributed by atoms with Crippen molar-refractivity contribution in [1.29, 1.82) is 0 Å². The van der Waals surface area contributed by atoms with Crippen molar-refractivity contribution >= 4 is 5.91 Å². The Bertz CT molecular complexity index is 346. The smallest absolute Gasteiger partial charge is 0.268 e. The number of nitrogens with one attached hydrogen (secondary N) is 1. The summed E-state index contributed by atoms with van der Waals surface area (Å²) < 4.78 is 1.93. The summed E-state index contributed by atoms with van der Waals surface area (Å²) in [5.74, 6) is -0.0246. The molecule has 0 aliphatic carbocycles.